The second-order valence-corrected chi connectivity index (χ2v) is 5.39. The van der Waals surface area contributed by atoms with E-state index in [0.717, 1.165) is 22.3 Å². The molecule has 0 fully saturated rings. The van der Waals surface area contributed by atoms with E-state index in [1.807, 2.05) is 24.3 Å². The highest BCUT2D eigenvalue weighted by molar-refractivity contribution is 7.18. The number of Topliss-reactive ketones (excluding diaryl/α,β-unsaturated/α-hetero) is 1. The van der Waals surface area contributed by atoms with Gasteiger partial charge in [0.25, 0.3) is 0 Å². The molecule has 0 aliphatic rings. The maximum atomic E-state index is 13.5. The third-order valence-electron chi connectivity index (χ3n) is 2.89. The highest BCUT2D eigenvalue weighted by atomic mass is 32.1. The second kappa shape index (κ2) is 5.09. The van der Waals surface area contributed by atoms with Crippen molar-refractivity contribution in [3.05, 3.63) is 64.7 Å². The van der Waals surface area contributed by atoms with E-state index in [4.69, 9.17) is 0 Å². The van der Waals surface area contributed by atoms with Crippen LogP contribution < -0.4 is 0 Å². The van der Waals surface area contributed by atoms with Gasteiger partial charge in [-0.15, -0.1) is 11.3 Å². The first-order valence-electron chi connectivity index (χ1n) is 5.97. The number of hydrogen-bond acceptors (Lipinski definition) is 3. The zero-order valence-corrected chi connectivity index (χ0v) is 11.1. The Morgan fingerprint density at radius 2 is 1.75 bits per heavy atom. The Balaban J connectivity index is 1.92. The minimum absolute atomic E-state index is 0.100. The minimum Gasteiger partial charge on any atom is -0.293 e. The topological polar surface area (TPSA) is 30.0 Å². The lowest BCUT2D eigenvalue weighted by molar-refractivity contribution is 0.0985. The van der Waals surface area contributed by atoms with Crippen LogP contribution in [0.15, 0.2) is 42.5 Å². The van der Waals surface area contributed by atoms with Crippen molar-refractivity contribution in [2.24, 2.45) is 0 Å². The third kappa shape index (κ3) is 2.32. The lowest BCUT2D eigenvalue weighted by Crippen LogP contribution is -2.08. The normalized spacial score (nSPS) is 10.9. The van der Waals surface area contributed by atoms with Crippen LogP contribution >= 0.6 is 11.3 Å². The van der Waals surface area contributed by atoms with Crippen LogP contribution in [-0.2, 0) is 6.42 Å². The van der Waals surface area contributed by atoms with E-state index in [9.17, 15) is 13.6 Å². The van der Waals surface area contributed by atoms with Crippen LogP contribution in [0, 0.1) is 11.6 Å². The van der Waals surface area contributed by atoms with Gasteiger partial charge in [-0.25, -0.2) is 13.8 Å². The molecule has 20 heavy (non-hydrogen) atoms. The molecule has 0 amide bonds. The van der Waals surface area contributed by atoms with Crippen molar-refractivity contribution in [3.63, 3.8) is 0 Å². The highest BCUT2D eigenvalue weighted by Gasteiger charge is 2.18. The number of carbonyl (C=O) groups excluding carboxylic acids is 1. The summed E-state index contributed by atoms with van der Waals surface area (Å²) in [5, 5.41) is 0.554. The average molecular weight is 289 g/mol. The Hall–Kier alpha value is -2.14. The molecule has 1 aromatic heterocycles. The van der Waals surface area contributed by atoms with E-state index in [2.05, 4.69) is 4.98 Å². The summed E-state index contributed by atoms with van der Waals surface area (Å²) in [4.78, 5) is 16.3. The first-order valence-corrected chi connectivity index (χ1v) is 6.78. The van der Waals surface area contributed by atoms with Crippen molar-refractivity contribution < 1.29 is 13.6 Å². The van der Waals surface area contributed by atoms with Crippen molar-refractivity contribution in [1.82, 2.24) is 4.98 Å². The molecule has 0 spiro atoms. The smallest absolute Gasteiger partial charge is 0.175 e. The van der Waals surface area contributed by atoms with Gasteiger partial charge in [-0.1, -0.05) is 18.2 Å². The minimum atomic E-state index is -0.837. The number of nitrogens with zero attached hydrogens (tertiary/aromatic N) is 1. The van der Waals surface area contributed by atoms with Gasteiger partial charge in [0, 0.05) is 0 Å². The second-order valence-electron chi connectivity index (χ2n) is 4.27. The van der Waals surface area contributed by atoms with Gasteiger partial charge in [0.2, 0.25) is 0 Å². The number of benzene rings is 2. The molecule has 1 heterocycles. The fourth-order valence-electron chi connectivity index (χ4n) is 1.99. The summed E-state index contributed by atoms with van der Waals surface area (Å²) >= 11 is 1.36. The van der Waals surface area contributed by atoms with Gasteiger partial charge in [0.1, 0.15) is 16.6 Å². The van der Waals surface area contributed by atoms with Crippen LogP contribution in [0.1, 0.15) is 15.4 Å². The SMILES string of the molecule is O=C(Cc1nc2ccccc2s1)c1c(F)cccc1F. The van der Waals surface area contributed by atoms with E-state index in [-0.39, 0.29) is 6.42 Å². The number of halogens is 2. The molecule has 5 heteroatoms. The molecule has 2 aromatic carbocycles. The first-order chi connectivity index (χ1) is 9.65. The molecule has 0 N–H and O–H groups in total. The summed E-state index contributed by atoms with van der Waals surface area (Å²) in [6.45, 7) is 0. The molecule has 0 aliphatic carbocycles. The lowest BCUT2D eigenvalue weighted by atomic mass is 10.1. The summed E-state index contributed by atoms with van der Waals surface area (Å²) in [6.07, 6.45) is -0.100. The van der Waals surface area contributed by atoms with Crippen LogP contribution in [0.4, 0.5) is 8.78 Å². The van der Waals surface area contributed by atoms with Crippen molar-refractivity contribution in [2.45, 2.75) is 6.42 Å². The molecule has 0 aliphatic heterocycles. The predicted molar refractivity (Wildman–Crippen MR) is 74.0 cm³/mol. The van der Waals surface area contributed by atoms with E-state index >= 15 is 0 Å². The number of rotatable bonds is 3. The summed E-state index contributed by atoms with van der Waals surface area (Å²) in [5.41, 5.74) is 0.293. The molecule has 100 valence electrons. The molecule has 0 saturated carbocycles. The van der Waals surface area contributed by atoms with Crippen LogP contribution in [0.2, 0.25) is 0 Å². The number of hydrogen-bond donors (Lipinski definition) is 0. The average Bonchev–Trinajstić information content (AvgIpc) is 2.80. The van der Waals surface area contributed by atoms with Crippen LogP contribution in [0.25, 0.3) is 10.2 Å². The number of carbonyl (C=O) groups is 1. The summed E-state index contributed by atoms with van der Waals surface area (Å²) in [7, 11) is 0. The van der Waals surface area contributed by atoms with Crippen LogP contribution in [0.3, 0.4) is 0 Å². The van der Waals surface area contributed by atoms with E-state index in [0.29, 0.717) is 5.01 Å². The Labute approximate surface area is 117 Å². The van der Waals surface area contributed by atoms with Crippen molar-refractivity contribution in [1.29, 1.82) is 0 Å². The number of thiazole rings is 1. The molecule has 0 atom stereocenters. The standard InChI is InChI=1S/C15H9F2NOS/c16-9-4-3-5-10(17)15(9)12(19)8-14-18-11-6-1-2-7-13(11)20-14/h1-7H,8H2. The van der Waals surface area contributed by atoms with Gasteiger partial charge in [-0.05, 0) is 24.3 Å². The Morgan fingerprint density at radius 1 is 1.05 bits per heavy atom. The van der Waals surface area contributed by atoms with Gasteiger partial charge < -0.3 is 0 Å². The molecule has 3 aromatic rings. The quantitative estimate of drug-likeness (QED) is 0.682. The van der Waals surface area contributed by atoms with Gasteiger partial charge in [0.15, 0.2) is 5.78 Å². The lowest BCUT2D eigenvalue weighted by Gasteiger charge is -2.02. The molecular weight excluding hydrogens is 280 g/mol. The number of fused-ring (bicyclic) bond motifs is 1. The fraction of sp³-hybridized carbons (Fsp3) is 0.0667. The molecule has 0 bridgehead atoms. The van der Waals surface area contributed by atoms with Gasteiger partial charge in [-0.2, -0.15) is 0 Å². The Kier molecular flexibility index (Phi) is 3.28. The predicted octanol–water partition coefficient (Wildman–Crippen LogP) is 4.00. The highest BCUT2D eigenvalue weighted by Crippen LogP contribution is 2.23. The number of para-hydroxylation sites is 1. The van der Waals surface area contributed by atoms with Crippen molar-refractivity contribution in [3.8, 4) is 0 Å². The monoisotopic (exact) mass is 289 g/mol. The van der Waals surface area contributed by atoms with Crippen LogP contribution in [0.5, 0.6) is 0 Å². The van der Waals surface area contributed by atoms with E-state index in [1.54, 1.807) is 0 Å². The first kappa shape index (κ1) is 12.9. The largest absolute Gasteiger partial charge is 0.293 e. The van der Waals surface area contributed by atoms with E-state index < -0.39 is 23.0 Å². The number of aromatic nitrogens is 1. The third-order valence-corrected chi connectivity index (χ3v) is 3.93. The zero-order chi connectivity index (χ0) is 14.1. The zero-order valence-electron chi connectivity index (χ0n) is 10.3. The fourth-order valence-corrected chi connectivity index (χ4v) is 2.95. The Morgan fingerprint density at radius 3 is 2.45 bits per heavy atom. The molecular formula is C15H9F2NOS. The molecule has 2 nitrogen and oxygen atoms in total. The molecule has 0 radical (unpaired) electrons. The van der Waals surface area contributed by atoms with Gasteiger partial charge in [-0.3, -0.25) is 4.79 Å². The summed E-state index contributed by atoms with van der Waals surface area (Å²) < 4.78 is 28.0. The van der Waals surface area contributed by atoms with Crippen molar-refractivity contribution >= 4 is 27.3 Å². The molecule has 0 unspecified atom stereocenters. The van der Waals surface area contributed by atoms with Gasteiger partial charge in [0.05, 0.1) is 22.2 Å². The van der Waals surface area contributed by atoms with Gasteiger partial charge >= 0.3 is 0 Å². The summed E-state index contributed by atoms with van der Waals surface area (Å²) in [6, 6.07) is 10.9. The maximum absolute atomic E-state index is 13.5. The maximum Gasteiger partial charge on any atom is 0.175 e. The van der Waals surface area contributed by atoms with E-state index in [1.165, 1.54) is 17.4 Å². The molecule has 3 rings (SSSR count). The summed E-state index contributed by atoms with van der Waals surface area (Å²) in [5.74, 6) is -2.27. The molecule has 0 saturated heterocycles. The Bertz CT molecular complexity index is 744. The van der Waals surface area contributed by atoms with Crippen molar-refractivity contribution in [2.75, 3.05) is 0 Å². The van der Waals surface area contributed by atoms with Crippen LogP contribution in [-0.4, -0.2) is 10.8 Å². The number of ketones is 1.